The number of fused-ring (bicyclic) bond motifs is 4. The molecule has 0 aliphatic heterocycles. The molecule has 0 saturated carbocycles. The standard InChI is InChI=1S/C25H26N4O3.C19H14ClN3OS.C18H13BrN4OS.C18H13ClN4OS/c1-17-11-13-18(14-12-17)26-22(30)16-29-20-9-6-5-8-19(20)27-23(29)21-10-7-15-28(21)24(31)32-25(2,3)4;20-13-7-9-14(10-8-13)21-18(24)12-23-16-5-2-1-4-15(16)22-19(23)17-6-3-11-25-17;2*19-12-5-7-13(8-6-12)21-16(24)11-23-15-4-2-1-3-14(15)22-17(23)18-20-9-10-25-18/h5-15H,16H2,1-4H3,(H,26,30);1-11H,12H2,(H,21,24);2*1-10H,11H2,(H,21,24). The maximum atomic E-state index is 12.9. The summed E-state index contributed by atoms with van der Waals surface area (Å²) in [7, 11) is 0. The van der Waals surface area contributed by atoms with Crippen molar-refractivity contribution >= 4 is 170 Å². The number of hydrogen-bond donors (Lipinski definition) is 4. The zero-order valence-corrected chi connectivity index (χ0v) is 63.4. The minimum absolute atomic E-state index is 0.0449. The zero-order valence-electron chi connectivity index (χ0n) is 57.8. The SMILES string of the molecule is Cc1ccc(NC(=O)Cn2c(-c3cccn3C(=O)OC(C)(C)C)nc3ccccc32)cc1.O=C(Cn1c(-c2cccs2)nc2ccccc21)Nc1ccc(Cl)cc1.O=C(Cn1c(-c2nccs2)nc2ccccc21)Nc1ccc(Br)cc1.O=C(Cn1c(-c2nccs2)nc2ccccc21)Nc1ccc(Cl)cc1. The Hall–Kier alpha value is -11.7. The van der Waals surface area contributed by atoms with Crippen LogP contribution in [0.2, 0.25) is 10.0 Å². The van der Waals surface area contributed by atoms with E-state index in [0.29, 0.717) is 38.9 Å². The fourth-order valence-electron chi connectivity index (χ4n) is 11.4. The molecule has 4 N–H and O–H groups in total. The summed E-state index contributed by atoms with van der Waals surface area (Å²) in [4.78, 5) is 91.7. The smallest absolute Gasteiger partial charge is 0.419 e. The fraction of sp³-hybridized carbons (Fsp3) is 0.113. The van der Waals surface area contributed by atoms with Gasteiger partial charge in [-0.25, -0.2) is 39.3 Å². The van der Waals surface area contributed by atoms with Gasteiger partial charge in [0, 0.05) is 66.6 Å². The number of aryl methyl sites for hydroxylation is 1. The van der Waals surface area contributed by atoms with Crippen LogP contribution in [0.4, 0.5) is 27.5 Å². The van der Waals surface area contributed by atoms with Crippen molar-refractivity contribution in [2.24, 2.45) is 0 Å². The van der Waals surface area contributed by atoms with Crippen LogP contribution in [0.25, 0.3) is 88.0 Å². The van der Waals surface area contributed by atoms with Gasteiger partial charge in [0.2, 0.25) is 23.6 Å². The third kappa shape index (κ3) is 18.5. The van der Waals surface area contributed by atoms with Gasteiger partial charge in [-0.2, -0.15) is 0 Å². The normalized spacial score (nSPS) is 11.1. The van der Waals surface area contributed by atoms with Crippen LogP contribution in [0.15, 0.2) is 258 Å². The molecule has 0 saturated heterocycles. The molecule has 8 aromatic heterocycles. The van der Waals surface area contributed by atoms with E-state index >= 15 is 0 Å². The first-order valence-electron chi connectivity index (χ1n) is 33.4. The molecule has 0 aliphatic rings. The predicted octanol–water partition coefficient (Wildman–Crippen LogP) is 19.3. The maximum Gasteiger partial charge on any atom is 0.419 e. The number of rotatable bonds is 16. The van der Waals surface area contributed by atoms with Gasteiger partial charge in [-0.05, 0) is 185 Å². The van der Waals surface area contributed by atoms with Crippen molar-refractivity contribution < 1.29 is 28.7 Å². The number of anilines is 4. The Bertz CT molecular complexity index is 5370. The molecule has 16 aromatic rings. The Kier molecular flexibility index (Phi) is 23.1. The second kappa shape index (κ2) is 33.6. The molecule has 21 nitrogen and oxygen atoms in total. The average Bonchev–Trinajstić information content (AvgIpc) is 1.64. The van der Waals surface area contributed by atoms with E-state index in [1.54, 1.807) is 90.6 Å². The highest BCUT2D eigenvalue weighted by molar-refractivity contribution is 9.10. The zero-order chi connectivity index (χ0) is 74.6. The van der Waals surface area contributed by atoms with Crippen LogP contribution in [0.5, 0.6) is 0 Å². The summed E-state index contributed by atoms with van der Waals surface area (Å²) >= 11 is 19.8. The van der Waals surface area contributed by atoms with Gasteiger partial charge in [0.25, 0.3) is 0 Å². The van der Waals surface area contributed by atoms with Crippen molar-refractivity contribution in [2.45, 2.75) is 59.5 Å². The number of nitrogens with one attached hydrogen (secondary N) is 4. The number of carbonyl (C=O) groups is 5. The van der Waals surface area contributed by atoms with Crippen molar-refractivity contribution in [3.8, 4) is 43.9 Å². The largest absolute Gasteiger partial charge is 0.443 e. The van der Waals surface area contributed by atoms with Crippen LogP contribution in [-0.4, -0.2) is 88.1 Å². The Morgan fingerprint density at radius 2 is 0.785 bits per heavy atom. The molecule has 8 heterocycles. The number of amides is 4. The minimum atomic E-state index is -0.632. The molecule has 107 heavy (non-hydrogen) atoms. The number of nitrogens with zero attached hydrogens (tertiary/aromatic N) is 11. The quantitative estimate of drug-likeness (QED) is 0.0706. The molecule has 0 radical (unpaired) electrons. The van der Waals surface area contributed by atoms with E-state index in [4.69, 9.17) is 37.9 Å². The molecular formula is C80H66BrCl2N15O6S3. The summed E-state index contributed by atoms with van der Waals surface area (Å²) in [5.41, 5.74) is 10.8. The van der Waals surface area contributed by atoms with Crippen molar-refractivity contribution in [3.63, 3.8) is 0 Å². The molecule has 0 aliphatic carbocycles. The number of thiazole rings is 2. The van der Waals surface area contributed by atoms with Gasteiger partial charge in [-0.3, -0.25) is 19.2 Å². The molecule has 16 rings (SSSR count). The van der Waals surface area contributed by atoms with Gasteiger partial charge in [0.15, 0.2) is 33.3 Å². The third-order valence-corrected chi connectivity index (χ3v) is 19.5. The first-order chi connectivity index (χ1) is 51.8. The molecule has 0 spiro atoms. The summed E-state index contributed by atoms with van der Waals surface area (Å²) in [6.45, 7) is 8.01. The lowest BCUT2D eigenvalue weighted by Crippen LogP contribution is -2.27. The average molecular weight is 1580 g/mol. The highest BCUT2D eigenvalue weighted by Gasteiger charge is 2.25. The lowest BCUT2D eigenvalue weighted by molar-refractivity contribution is -0.117. The highest BCUT2D eigenvalue weighted by atomic mass is 79.9. The fourth-order valence-corrected chi connectivity index (χ4v) is 13.9. The van der Waals surface area contributed by atoms with Crippen LogP contribution < -0.4 is 21.3 Å². The predicted molar refractivity (Wildman–Crippen MR) is 432 cm³/mol. The summed E-state index contributed by atoms with van der Waals surface area (Å²) in [6.07, 6.45) is 4.61. The van der Waals surface area contributed by atoms with Crippen molar-refractivity contribution in [3.05, 3.63) is 273 Å². The second-order valence-electron chi connectivity index (χ2n) is 25.0. The van der Waals surface area contributed by atoms with E-state index < -0.39 is 11.7 Å². The van der Waals surface area contributed by atoms with E-state index in [1.165, 1.54) is 27.2 Å². The molecule has 4 amide bonds. The summed E-state index contributed by atoms with van der Waals surface area (Å²) < 4.78 is 15.5. The molecular weight excluding hydrogens is 1510 g/mol. The number of hydrogen-bond acceptors (Lipinski definition) is 15. The molecule has 536 valence electrons. The topological polar surface area (TPSA) is 245 Å². The van der Waals surface area contributed by atoms with Crippen molar-refractivity contribution in [1.29, 1.82) is 0 Å². The third-order valence-electron chi connectivity index (χ3n) is 16.1. The molecule has 27 heteroatoms. The molecule has 8 aromatic carbocycles. The number of para-hydroxylation sites is 8. The van der Waals surface area contributed by atoms with Crippen LogP contribution >= 0.6 is 73.1 Å². The number of thiophene rings is 1. The molecule has 0 fully saturated rings. The van der Waals surface area contributed by atoms with Gasteiger partial charge in [0.05, 0.1) is 54.7 Å². The molecule has 0 unspecified atom stereocenters. The highest BCUT2D eigenvalue weighted by Crippen LogP contribution is 2.32. The van der Waals surface area contributed by atoms with Gasteiger partial charge in [-0.1, -0.05) is 111 Å². The number of ether oxygens (including phenoxy) is 1. The van der Waals surface area contributed by atoms with E-state index in [9.17, 15) is 24.0 Å². The van der Waals surface area contributed by atoms with Crippen molar-refractivity contribution in [1.82, 2.24) is 52.7 Å². The van der Waals surface area contributed by atoms with Gasteiger partial charge >= 0.3 is 6.09 Å². The van der Waals surface area contributed by atoms with Crippen LogP contribution in [0.3, 0.4) is 0 Å². The number of benzene rings is 8. The number of aromatic nitrogens is 11. The second-order valence-corrected chi connectivity index (χ2v) is 29.5. The Morgan fingerprint density at radius 1 is 0.421 bits per heavy atom. The van der Waals surface area contributed by atoms with Crippen molar-refractivity contribution in [2.75, 3.05) is 21.3 Å². The first-order valence-corrected chi connectivity index (χ1v) is 37.6. The van der Waals surface area contributed by atoms with E-state index in [1.807, 2.05) is 220 Å². The summed E-state index contributed by atoms with van der Waals surface area (Å²) in [5.74, 6) is 2.19. The Morgan fingerprint density at radius 3 is 1.17 bits per heavy atom. The first kappa shape index (κ1) is 73.6. The Labute approximate surface area is 644 Å². The van der Waals surface area contributed by atoms with Crippen LogP contribution in [-0.2, 0) is 50.1 Å². The Balaban J connectivity index is 0.000000127. The monoisotopic (exact) mass is 1580 g/mol. The summed E-state index contributed by atoms with van der Waals surface area (Å²) in [6, 6.07) is 67.7. The van der Waals surface area contributed by atoms with E-state index in [0.717, 1.165) is 91.9 Å². The van der Waals surface area contributed by atoms with Gasteiger partial charge < -0.3 is 44.3 Å². The number of carbonyl (C=O) groups excluding carboxylic acids is 5. The number of imidazole rings is 4. The summed E-state index contributed by atoms with van der Waals surface area (Å²) in [5, 5.41) is 20.3. The lowest BCUT2D eigenvalue weighted by Gasteiger charge is -2.20. The van der Waals surface area contributed by atoms with E-state index in [2.05, 4.69) is 57.1 Å². The lowest BCUT2D eigenvalue weighted by atomic mass is 10.2. The van der Waals surface area contributed by atoms with Crippen LogP contribution in [0.1, 0.15) is 26.3 Å². The van der Waals surface area contributed by atoms with Gasteiger partial charge in [-0.15, -0.1) is 34.0 Å². The molecule has 0 bridgehead atoms. The minimum Gasteiger partial charge on any atom is -0.443 e. The maximum absolute atomic E-state index is 12.9. The molecule has 0 atom stereocenters. The van der Waals surface area contributed by atoms with Crippen LogP contribution in [0, 0.1) is 6.92 Å². The number of halogens is 3. The van der Waals surface area contributed by atoms with E-state index in [-0.39, 0.29) is 49.8 Å². The van der Waals surface area contributed by atoms with Gasteiger partial charge in [0.1, 0.15) is 31.8 Å².